The Bertz CT molecular complexity index is 219. The maximum atomic E-state index is 11.3. The third kappa shape index (κ3) is 6.90. The SMILES string of the molecule is COC[C@H](C)NC(=O)[CH]C[C@H](C)C(N)=O. The zero-order valence-corrected chi connectivity index (χ0v) is 9.45. The number of methoxy groups -OCH3 is 1. The summed E-state index contributed by atoms with van der Waals surface area (Å²) < 4.78 is 4.87. The second-order valence-corrected chi connectivity index (χ2v) is 3.61. The standard InChI is InChI=1S/C10H19N2O3/c1-7(10(11)14)4-5-9(13)12-8(2)6-15-3/h5,7-8H,4,6H2,1-3H3,(H2,11,14)(H,12,13)/t7-,8-/m0/s1. The molecule has 5 heteroatoms. The molecule has 0 saturated carbocycles. The first kappa shape index (κ1) is 13.9. The third-order valence-corrected chi connectivity index (χ3v) is 1.95. The fraction of sp³-hybridized carbons (Fsp3) is 0.700. The lowest BCUT2D eigenvalue weighted by molar-refractivity contribution is -0.121. The number of ether oxygens (including phenoxy) is 1. The van der Waals surface area contributed by atoms with Crippen LogP contribution in [-0.4, -0.2) is 31.6 Å². The Hall–Kier alpha value is -1.10. The molecule has 0 aromatic rings. The highest BCUT2D eigenvalue weighted by Crippen LogP contribution is 2.03. The summed E-state index contributed by atoms with van der Waals surface area (Å²) in [5.41, 5.74) is 5.06. The van der Waals surface area contributed by atoms with Crippen molar-refractivity contribution >= 4 is 11.8 Å². The van der Waals surface area contributed by atoms with E-state index in [1.165, 1.54) is 6.42 Å². The van der Waals surface area contributed by atoms with Crippen LogP contribution in [0.2, 0.25) is 0 Å². The molecule has 87 valence electrons. The maximum absolute atomic E-state index is 11.3. The topological polar surface area (TPSA) is 81.4 Å². The highest BCUT2D eigenvalue weighted by Gasteiger charge is 2.12. The molecule has 0 aliphatic rings. The summed E-state index contributed by atoms with van der Waals surface area (Å²) in [5, 5.41) is 2.70. The summed E-state index contributed by atoms with van der Waals surface area (Å²) in [5.74, 6) is -0.912. The summed E-state index contributed by atoms with van der Waals surface area (Å²) in [6.45, 7) is 3.99. The van der Waals surface area contributed by atoms with E-state index in [-0.39, 0.29) is 17.9 Å². The molecule has 0 rings (SSSR count). The number of primary amides is 1. The average molecular weight is 215 g/mol. The predicted octanol–water partition coefficient (Wildman–Crippen LogP) is -0.147. The van der Waals surface area contributed by atoms with Crippen molar-refractivity contribution in [3.8, 4) is 0 Å². The maximum Gasteiger partial charge on any atom is 0.224 e. The van der Waals surface area contributed by atoms with Crippen LogP contribution >= 0.6 is 0 Å². The Morgan fingerprint density at radius 3 is 2.53 bits per heavy atom. The largest absolute Gasteiger partial charge is 0.383 e. The van der Waals surface area contributed by atoms with Gasteiger partial charge in [-0.15, -0.1) is 0 Å². The predicted molar refractivity (Wildman–Crippen MR) is 56.8 cm³/mol. The fourth-order valence-corrected chi connectivity index (χ4v) is 0.993. The van der Waals surface area contributed by atoms with Crippen molar-refractivity contribution in [1.82, 2.24) is 5.32 Å². The first-order valence-electron chi connectivity index (χ1n) is 4.89. The number of hydrogen-bond donors (Lipinski definition) is 2. The van der Waals surface area contributed by atoms with Gasteiger partial charge in [0.15, 0.2) is 0 Å². The molecule has 0 aromatic heterocycles. The lowest BCUT2D eigenvalue weighted by Gasteiger charge is -2.13. The van der Waals surface area contributed by atoms with Crippen molar-refractivity contribution in [1.29, 1.82) is 0 Å². The molecule has 5 nitrogen and oxygen atoms in total. The average Bonchev–Trinajstić information content (AvgIpc) is 2.14. The molecule has 2 amide bonds. The van der Waals surface area contributed by atoms with Crippen LogP contribution in [0.15, 0.2) is 0 Å². The van der Waals surface area contributed by atoms with Crippen LogP contribution < -0.4 is 11.1 Å². The van der Waals surface area contributed by atoms with Crippen molar-refractivity contribution in [3.05, 3.63) is 6.42 Å². The van der Waals surface area contributed by atoms with Gasteiger partial charge >= 0.3 is 0 Å². The molecule has 0 spiro atoms. The highest BCUT2D eigenvalue weighted by atomic mass is 16.5. The van der Waals surface area contributed by atoms with Gasteiger partial charge in [-0.05, 0) is 13.3 Å². The van der Waals surface area contributed by atoms with Gasteiger partial charge in [-0.2, -0.15) is 0 Å². The molecule has 0 aliphatic carbocycles. The van der Waals surface area contributed by atoms with Crippen LogP contribution in [0.3, 0.4) is 0 Å². The molecule has 15 heavy (non-hydrogen) atoms. The molecular weight excluding hydrogens is 196 g/mol. The monoisotopic (exact) mass is 215 g/mol. The molecule has 1 radical (unpaired) electrons. The van der Waals surface area contributed by atoms with Crippen LogP contribution in [0.25, 0.3) is 0 Å². The number of nitrogens with two attached hydrogens (primary N) is 1. The van der Waals surface area contributed by atoms with Crippen LogP contribution in [0, 0.1) is 12.3 Å². The van der Waals surface area contributed by atoms with E-state index in [1.807, 2.05) is 6.92 Å². The molecule has 2 atom stereocenters. The molecule has 0 fully saturated rings. The van der Waals surface area contributed by atoms with Gasteiger partial charge in [-0.25, -0.2) is 0 Å². The van der Waals surface area contributed by atoms with E-state index in [2.05, 4.69) is 5.32 Å². The van der Waals surface area contributed by atoms with Gasteiger partial charge in [0.05, 0.1) is 13.0 Å². The van der Waals surface area contributed by atoms with E-state index in [0.29, 0.717) is 13.0 Å². The second kappa shape index (κ2) is 7.23. The van der Waals surface area contributed by atoms with Crippen molar-refractivity contribution in [2.24, 2.45) is 11.7 Å². The van der Waals surface area contributed by atoms with E-state index < -0.39 is 5.91 Å². The van der Waals surface area contributed by atoms with Crippen molar-refractivity contribution < 1.29 is 14.3 Å². The Morgan fingerprint density at radius 1 is 1.47 bits per heavy atom. The van der Waals surface area contributed by atoms with Crippen LogP contribution in [0.5, 0.6) is 0 Å². The zero-order valence-electron chi connectivity index (χ0n) is 9.45. The normalized spacial score (nSPS) is 14.3. The van der Waals surface area contributed by atoms with E-state index in [1.54, 1.807) is 14.0 Å². The molecule has 0 aromatic carbocycles. The Kier molecular flexibility index (Phi) is 6.70. The van der Waals surface area contributed by atoms with Gasteiger partial charge in [-0.1, -0.05) is 6.92 Å². The number of amides is 2. The van der Waals surface area contributed by atoms with Gasteiger partial charge in [-0.3, -0.25) is 9.59 Å². The second-order valence-electron chi connectivity index (χ2n) is 3.61. The quantitative estimate of drug-likeness (QED) is 0.620. The Morgan fingerprint density at radius 2 is 2.07 bits per heavy atom. The first-order valence-corrected chi connectivity index (χ1v) is 4.89. The van der Waals surface area contributed by atoms with Crippen molar-refractivity contribution in [3.63, 3.8) is 0 Å². The fourth-order valence-electron chi connectivity index (χ4n) is 0.993. The van der Waals surface area contributed by atoms with Crippen LogP contribution in [0.1, 0.15) is 20.3 Å². The number of carbonyl (C=O) groups excluding carboxylic acids is 2. The molecule has 0 saturated heterocycles. The molecular formula is C10H19N2O3. The third-order valence-electron chi connectivity index (χ3n) is 1.95. The minimum absolute atomic E-state index is 0.0392. The summed E-state index contributed by atoms with van der Waals surface area (Å²) >= 11 is 0. The first-order chi connectivity index (χ1) is 6.97. The van der Waals surface area contributed by atoms with E-state index in [0.717, 1.165) is 0 Å². The Balaban J connectivity index is 3.70. The van der Waals surface area contributed by atoms with Crippen LogP contribution in [0.4, 0.5) is 0 Å². The summed E-state index contributed by atoms with van der Waals surface area (Å²) in [4.78, 5) is 22.0. The van der Waals surface area contributed by atoms with E-state index in [9.17, 15) is 9.59 Å². The van der Waals surface area contributed by atoms with Gasteiger partial charge in [0.2, 0.25) is 11.8 Å². The minimum Gasteiger partial charge on any atom is -0.383 e. The zero-order chi connectivity index (χ0) is 11.8. The van der Waals surface area contributed by atoms with E-state index >= 15 is 0 Å². The lowest BCUT2D eigenvalue weighted by atomic mass is 10.1. The highest BCUT2D eigenvalue weighted by molar-refractivity contribution is 5.86. The van der Waals surface area contributed by atoms with Gasteiger partial charge in [0.1, 0.15) is 0 Å². The van der Waals surface area contributed by atoms with Crippen molar-refractivity contribution in [2.75, 3.05) is 13.7 Å². The van der Waals surface area contributed by atoms with Crippen molar-refractivity contribution in [2.45, 2.75) is 26.3 Å². The molecule has 0 heterocycles. The molecule has 3 N–H and O–H groups in total. The smallest absolute Gasteiger partial charge is 0.224 e. The number of carbonyl (C=O) groups is 2. The molecule has 0 unspecified atom stereocenters. The molecule has 0 bridgehead atoms. The van der Waals surface area contributed by atoms with E-state index in [4.69, 9.17) is 10.5 Å². The number of rotatable bonds is 7. The van der Waals surface area contributed by atoms with Gasteiger partial charge < -0.3 is 15.8 Å². The molecule has 0 aliphatic heterocycles. The minimum atomic E-state index is -0.399. The van der Waals surface area contributed by atoms with Crippen LogP contribution in [-0.2, 0) is 14.3 Å². The summed E-state index contributed by atoms with van der Waals surface area (Å²) in [7, 11) is 1.57. The van der Waals surface area contributed by atoms with Gasteiger partial charge in [0.25, 0.3) is 0 Å². The van der Waals surface area contributed by atoms with Gasteiger partial charge in [0, 0.05) is 19.1 Å². The summed E-state index contributed by atoms with van der Waals surface area (Å²) in [6, 6.07) is -0.0392. The number of nitrogens with one attached hydrogen (secondary N) is 1. The Labute approximate surface area is 90.4 Å². The lowest BCUT2D eigenvalue weighted by Crippen LogP contribution is -2.36. The number of hydrogen-bond acceptors (Lipinski definition) is 3. The summed E-state index contributed by atoms with van der Waals surface area (Å²) in [6.07, 6.45) is 1.79.